The van der Waals surface area contributed by atoms with Gasteiger partial charge in [0.1, 0.15) is 5.75 Å². The predicted molar refractivity (Wildman–Crippen MR) is 118 cm³/mol. The van der Waals surface area contributed by atoms with Crippen LogP contribution in [0.4, 0.5) is 0 Å². The highest BCUT2D eigenvalue weighted by Gasteiger charge is 2.34. The van der Waals surface area contributed by atoms with Crippen LogP contribution in [0.15, 0.2) is 77.9 Å². The lowest BCUT2D eigenvalue weighted by molar-refractivity contribution is 0.196. The van der Waals surface area contributed by atoms with E-state index in [2.05, 4.69) is 18.2 Å². The molecule has 4 rings (SSSR count). The number of aromatic hydroxyl groups is 1. The summed E-state index contributed by atoms with van der Waals surface area (Å²) in [5.41, 5.74) is 3.69. The van der Waals surface area contributed by atoms with Crippen LogP contribution in [0, 0.1) is 11.3 Å². The van der Waals surface area contributed by atoms with Crippen molar-refractivity contribution in [1.29, 1.82) is 5.26 Å². The summed E-state index contributed by atoms with van der Waals surface area (Å²) >= 11 is 0. The summed E-state index contributed by atoms with van der Waals surface area (Å²) in [7, 11) is 3.13. The maximum atomic E-state index is 10.1. The summed E-state index contributed by atoms with van der Waals surface area (Å²) in [4.78, 5) is 0. The van der Waals surface area contributed by atoms with Crippen LogP contribution in [-0.2, 0) is 0 Å². The molecule has 0 aliphatic carbocycles. The largest absolute Gasteiger partial charge is 0.504 e. The molecule has 1 aliphatic heterocycles. The standard InChI is InChI=1S/C25H23N3O3/c1-30-20-11-8-17(9-12-20)21-15-22(18-6-4-3-5-7-18)28(27-21)23(16-26)19-10-13-24(29)25(14-19)31-2/h3-14,22-23,29H,15H2,1-2H3/t22-,23-/m0/s1. The van der Waals surface area contributed by atoms with Crippen molar-refractivity contribution in [2.75, 3.05) is 14.2 Å². The molecule has 0 aromatic heterocycles. The number of hydrogen-bond acceptors (Lipinski definition) is 6. The van der Waals surface area contributed by atoms with Gasteiger partial charge in [0.15, 0.2) is 17.5 Å². The van der Waals surface area contributed by atoms with Gasteiger partial charge in [-0.1, -0.05) is 36.4 Å². The molecule has 3 aromatic rings. The van der Waals surface area contributed by atoms with Gasteiger partial charge in [-0.05, 0) is 53.1 Å². The number of hydrazone groups is 1. The van der Waals surface area contributed by atoms with E-state index in [1.165, 1.54) is 7.11 Å². The summed E-state index contributed by atoms with van der Waals surface area (Å²) in [6.07, 6.45) is 0.670. The first-order chi connectivity index (χ1) is 15.1. The first-order valence-electron chi connectivity index (χ1n) is 9.96. The summed E-state index contributed by atoms with van der Waals surface area (Å²) in [6.45, 7) is 0. The van der Waals surface area contributed by atoms with Crippen LogP contribution in [0.2, 0.25) is 0 Å². The first kappa shape index (κ1) is 20.3. The van der Waals surface area contributed by atoms with Crippen LogP contribution in [0.5, 0.6) is 17.2 Å². The Labute approximate surface area is 181 Å². The SMILES string of the molecule is COc1ccc(C2=NN([C@@H](C#N)c3ccc(O)c(OC)c3)[C@H](c3ccccc3)C2)cc1. The molecule has 1 aliphatic rings. The minimum absolute atomic E-state index is 0.0337. The number of nitrogens with zero attached hydrogens (tertiary/aromatic N) is 3. The molecule has 0 saturated carbocycles. The van der Waals surface area contributed by atoms with Gasteiger partial charge in [-0.15, -0.1) is 0 Å². The lowest BCUT2D eigenvalue weighted by atomic mass is 9.96. The number of methoxy groups -OCH3 is 2. The number of nitriles is 1. The van der Waals surface area contributed by atoms with E-state index in [9.17, 15) is 10.4 Å². The van der Waals surface area contributed by atoms with Gasteiger partial charge in [0.25, 0.3) is 0 Å². The van der Waals surface area contributed by atoms with Crippen LogP contribution in [0.25, 0.3) is 0 Å². The van der Waals surface area contributed by atoms with Gasteiger partial charge >= 0.3 is 0 Å². The molecule has 6 nitrogen and oxygen atoms in total. The fraction of sp³-hybridized carbons (Fsp3) is 0.200. The van der Waals surface area contributed by atoms with E-state index in [-0.39, 0.29) is 11.8 Å². The lowest BCUT2D eigenvalue weighted by Crippen LogP contribution is -2.24. The Morgan fingerprint density at radius 1 is 1.03 bits per heavy atom. The van der Waals surface area contributed by atoms with Crippen molar-refractivity contribution < 1.29 is 14.6 Å². The molecule has 0 radical (unpaired) electrons. The van der Waals surface area contributed by atoms with Gasteiger partial charge < -0.3 is 14.6 Å². The Morgan fingerprint density at radius 2 is 1.77 bits per heavy atom. The molecule has 31 heavy (non-hydrogen) atoms. The molecular weight excluding hydrogens is 390 g/mol. The number of ether oxygens (including phenoxy) is 2. The molecule has 0 spiro atoms. The van der Waals surface area contributed by atoms with Crippen molar-refractivity contribution in [2.45, 2.75) is 18.5 Å². The van der Waals surface area contributed by atoms with Gasteiger partial charge in [-0.25, -0.2) is 0 Å². The first-order valence-corrected chi connectivity index (χ1v) is 9.96. The lowest BCUT2D eigenvalue weighted by Gasteiger charge is -2.28. The van der Waals surface area contributed by atoms with E-state index in [1.54, 1.807) is 25.3 Å². The minimum Gasteiger partial charge on any atom is -0.504 e. The number of benzene rings is 3. The summed E-state index contributed by atoms with van der Waals surface area (Å²) in [5, 5.41) is 26.8. The van der Waals surface area contributed by atoms with Crippen LogP contribution >= 0.6 is 0 Å². The number of hydrogen-bond donors (Lipinski definition) is 1. The van der Waals surface area contributed by atoms with Gasteiger partial charge in [0.2, 0.25) is 0 Å². The van der Waals surface area contributed by atoms with Crippen LogP contribution in [-0.4, -0.2) is 30.0 Å². The second-order valence-corrected chi connectivity index (χ2v) is 7.25. The molecule has 0 unspecified atom stereocenters. The maximum Gasteiger partial charge on any atom is 0.160 e. The second-order valence-electron chi connectivity index (χ2n) is 7.25. The number of phenolic OH excluding ortho intramolecular Hbond substituents is 1. The molecular formula is C25H23N3O3. The number of phenols is 1. The Hall–Kier alpha value is -3.98. The molecule has 6 heteroatoms. The molecule has 156 valence electrons. The van der Waals surface area contributed by atoms with E-state index in [4.69, 9.17) is 14.6 Å². The van der Waals surface area contributed by atoms with Crippen LogP contribution in [0.1, 0.15) is 35.2 Å². The van der Waals surface area contributed by atoms with Crippen molar-refractivity contribution >= 4 is 5.71 Å². The average Bonchev–Trinajstić information content (AvgIpc) is 3.26. The topological polar surface area (TPSA) is 78.1 Å². The highest BCUT2D eigenvalue weighted by atomic mass is 16.5. The zero-order valence-electron chi connectivity index (χ0n) is 17.4. The third-order valence-corrected chi connectivity index (χ3v) is 5.46. The highest BCUT2D eigenvalue weighted by molar-refractivity contribution is 6.02. The molecule has 1 heterocycles. The normalized spacial score (nSPS) is 16.4. The Morgan fingerprint density at radius 3 is 2.42 bits per heavy atom. The fourth-order valence-electron chi connectivity index (χ4n) is 3.82. The van der Waals surface area contributed by atoms with E-state index in [0.29, 0.717) is 17.7 Å². The highest BCUT2D eigenvalue weighted by Crippen LogP contribution is 2.40. The Balaban J connectivity index is 1.75. The summed E-state index contributed by atoms with van der Waals surface area (Å²) < 4.78 is 10.5. The molecule has 0 bridgehead atoms. The maximum absolute atomic E-state index is 10.1. The molecule has 0 fully saturated rings. The van der Waals surface area contributed by atoms with Gasteiger partial charge in [-0.2, -0.15) is 10.4 Å². The summed E-state index contributed by atoms with van der Waals surface area (Å²) in [6, 6.07) is 24.4. The molecule has 0 amide bonds. The van der Waals surface area contributed by atoms with Crippen molar-refractivity contribution in [3.8, 4) is 23.3 Å². The van der Waals surface area contributed by atoms with E-state index < -0.39 is 6.04 Å². The summed E-state index contributed by atoms with van der Waals surface area (Å²) in [5.74, 6) is 1.14. The van der Waals surface area contributed by atoms with Gasteiger partial charge in [0.05, 0.1) is 32.0 Å². The predicted octanol–water partition coefficient (Wildman–Crippen LogP) is 4.83. The van der Waals surface area contributed by atoms with E-state index in [0.717, 1.165) is 22.6 Å². The van der Waals surface area contributed by atoms with Crippen molar-refractivity contribution in [1.82, 2.24) is 5.01 Å². The Bertz CT molecular complexity index is 1120. The minimum atomic E-state index is -0.643. The zero-order chi connectivity index (χ0) is 21.8. The van der Waals surface area contributed by atoms with Gasteiger partial charge in [0, 0.05) is 6.42 Å². The molecule has 1 N–H and O–H groups in total. The molecule has 2 atom stereocenters. The quantitative estimate of drug-likeness (QED) is 0.627. The van der Waals surface area contributed by atoms with Gasteiger partial charge in [-0.3, -0.25) is 5.01 Å². The van der Waals surface area contributed by atoms with E-state index in [1.807, 2.05) is 47.5 Å². The number of rotatable bonds is 6. The second kappa shape index (κ2) is 8.80. The molecule has 3 aromatic carbocycles. The fourth-order valence-corrected chi connectivity index (χ4v) is 3.82. The van der Waals surface area contributed by atoms with Crippen molar-refractivity contribution in [3.63, 3.8) is 0 Å². The van der Waals surface area contributed by atoms with Crippen molar-refractivity contribution in [3.05, 3.63) is 89.5 Å². The smallest absolute Gasteiger partial charge is 0.160 e. The zero-order valence-corrected chi connectivity index (χ0v) is 17.4. The third-order valence-electron chi connectivity index (χ3n) is 5.46. The average molecular weight is 413 g/mol. The third kappa shape index (κ3) is 4.03. The van der Waals surface area contributed by atoms with E-state index >= 15 is 0 Å². The van der Waals surface area contributed by atoms with Crippen molar-refractivity contribution in [2.24, 2.45) is 5.10 Å². The monoisotopic (exact) mass is 413 g/mol. The van der Waals surface area contributed by atoms with Crippen LogP contribution in [0.3, 0.4) is 0 Å². The molecule has 0 saturated heterocycles. The van der Waals surface area contributed by atoms with Crippen LogP contribution < -0.4 is 9.47 Å². The Kier molecular flexibility index (Phi) is 5.76.